The van der Waals surface area contributed by atoms with Crippen molar-refractivity contribution >= 4 is 30.3 Å². The van der Waals surface area contributed by atoms with Gasteiger partial charge >= 0.3 is 0 Å². The van der Waals surface area contributed by atoms with E-state index in [9.17, 15) is 0 Å². The van der Waals surface area contributed by atoms with E-state index in [2.05, 4.69) is 50.4 Å². The lowest BCUT2D eigenvalue weighted by atomic mass is 11.3. The van der Waals surface area contributed by atoms with Crippen LogP contribution in [0, 0.1) is 0 Å². The van der Waals surface area contributed by atoms with Gasteiger partial charge in [0.15, 0.2) is 0 Å². The molecule has 72 valence electrons. The van der Waals surface area contributed by atoms with Crippen LogP contribution >= 0.6 is 0 Å². The van der Waals surface area contributed by atoms with E-state index in [1.165, 1.54) is 20.8 Å². The van der Waals surface area contributed by atoms with Crippen molar-refractivity contribution in [2.24, 2.45) is 0 Å². The first-order valence-electron chi connectivity index (χ1n) is 4.10. The standard InChI is InChI=1S/2C2H9NSi.C2H8Si/c2*1-3(2)4;1-3-2/h2*1-2,4H3;3H2,1-2H3. The van der Waals surface area contributed by atoms with Crippen LogP contribution in [0.15, 0.2) is 0 Å². The third-order valence-electron chi connectivity index (χ3n) is 0. The van der Waals surface area contributed by atoms with Crippen molar-refractivity contribution in [3.63, 3.8) is 0 Å². The van der Waals surface area contributed by atoms with Crippen molar-refractivity contribution in [2.75, 3.05) is 28.2 Å². The highest BCUT2D eigenvalue weighted by Gasteiger charge is 1.58. The molecule has 0 N–H and O–H groups in total. The maximum atomic E-state index is 2.26. The molecule has 0 heterocycles. The second-order valence-electron chi connectivity index (χ2n) is 3.39. The summed E-state index contributed by atoms with van der Waals surface area (Å²) >= 11 is 0. The van der Waals surface area contributed by atoms with Gasteiger partial charge in [-0.1, -0.05) is 13.1 Å². The van der Waals surface area contributed by atoms with Crippen LogP contribution in [0.5, 0.6) is 0 Å². The van der Waals surface area contributed by atoms with Gasteiger partial charge < -0.3 is 9.13 Å². The monoisotopic (exact) mass is 210 g/mol. The van der Waals surface area contributed by atoms with Gasteiger partial charge in [-0.15, -0.1) is 0 Å². The van der Waals surface area contributed by atoms with E-state index >= 15 is 0 Å². The Kier molecular flexibility index (Phi) is 27.0. The average molecular weight is 211 g/mol. The lowest BCUT2D eigenvalue weighted by Gasteiger charge is -1.90. The van der Waals surface area contributed by atoms with Crippen molar-refractivity contribution in [1.82, 2.24) is 9.13 Å². The van der Waals surface area contributed by atoms with Gasteiger partial charge in [-0.3, -0.25) is 0 Å². The van der Waals surface area contributed by atoms with E-state index in [1.54, 1.807) is 0 Å². The lowest BCUT2D eigenvalue weighted by molar-refractivity contribution is 0.679. The summed E-state index contributed by atoms with van der Waals surface area (Å²) in [6.07, 6.45) is 0. The summed E-state index contributed by atoms with van der Waals surface area (Å²) in [5.41, 5.74) is 0. The van der Waals surface area contributed by atoms with Crippen LogP contribution in [-0.2, 0) is 0 Å². The second kappa shape index (κ2) is 16.9. The Morgan fingerprint density at radius 2 is 0.818 bits per heavy atom. The van der Waals surface area contributed by atoms with Crippen molar-refractivity contribution in [3.05, 3.63) is 0 Å². The van der Waals surface area contributed by atoms with E-state index in [0.717, 1.165) is 0 Å². The fourth-order valence-electron chi connectivity index (χ4n) is 0. The molecule has 0 unspecified atom stereocenters. The van der Waals surface area contributed by atoms with Gasteiger partial charge in [0, 0.05) is 9.52 Å². The fraction of sp³-hybridized carbons (Fsp3) is 1.00. The quantitative estimate of drug-likeness (QED) is 0.423. The first kappa shape index (κ1) is 17.6. The second-order valence-corrected chi connectivity index (χ2v) is 8.38. The summed E-state index contributed by atoms with van der Waals surface area (Å²) in [6, 6.07) is 0. The van der Waals surface area contributed by atoms with E-state index in [-0.39, 0.29) is 0 Å². The Bertz CT molecular complexity index is 39.6. The third-order valence-corrected chi connectivity index (χ3v) is 0. The molecule has 0 radical (unpaired) electrons. The van der Waals surface area contributed by atoms with Gasteiger partial charge in [0.05, 0.1) is 20.8 Å². The van der Waals surface area contributed by atoms with E-state index in [4.69, 9.17) is 0 Å². The summed E-state index contributed by atoms with van der Waals surface area (Å²) < 4.78 is 4.28. The molecule has 0 saturated heterocycles. The Labute approximate surface area is 81.2 Å². The zero-order chi connectivity index (χ0) is 9.86. The summed E-state index contributed by atoms with van der Waals surface area (Å²) in [7, 11) is 11.0. The van der Waals surface area contributed by atoms with Gasteiger partial charge in [-0.2, -0.15) is 0 Å². The molecule has 11 heavy (non-hydrogen) atoms. The van der Waals surface area contributed by atoms with E-state index < -0.39 is 0 Å². The Morgan fingerprint density at radius 1 is 0.818 bits per heavy atom. The number of nitrogens with zero attached hydrogens (tertiary/aromatic N) is 2. The molecular formula is C6H26N2Si3. The topological polar surface area (TPSA) is 6.48 Å². The van der Waals surface area contributed by atoms with E-state index in [1.807, 2.05) is 0 Å². The normalized spacial score (nSPS) is 8.73. The molecule has 0 aliphatic rings. The van der Waals surface area contributed by atoms with E-state index in [0.29, 0.717) is 9.52 Å². The van der Waals surface area contributed by atoms with Crippen molar-refractivity contribution in [1.29, 1.82) is 0 Å². The molecule has 0 aromatic rings. The minimum Gasteiger partial charge on any atom is -0.337 e. The molecule has 0 aromatic heterocycles. The van der Waals surface area contributed by atoms with Crippen LogP contribution in [-0.4, -0.2) is 67.6 Å². The Balaban J connectivity index is -0.0000000886. The zero-order valence-electron chi connectivity index (χ0n) is 9.60. The molecule has 0 amide bonds. The lowest BCUT2D eigenvalue weighted by Crippen LogP contribution is -2.02. The van der Waals surface area contributed by atoms with Gasteiger partial charge in [-0.25, -0.2) is 0 Å². The molecule has 2 nitrogen and oxygen atoms in total. The van der Waals surface area contributed by atoms with Crippen LogP contribution in [0.2, 0.25) is 13.1 Å². The smallest absolute Gasteiger partial charge is 0.0777 e. The third kappa shape index (κ3) is 2380. The largest absolute Gasteiger partial charge is 0.337 e. The average Bonchev–Trinajstić information content (AvgIpc) is 1.60. The number of hydrogen-bond donors (Lipinski definition) is 0. The highest BCUT2D eigenvalue weighted by Crippen LogP contribution is 1.45. The van der Waals surface area contributed by atoms with Gasteiger partial charge in [0.2, 0.25) is 0 Å². The van der Waals surface area contributed by atoms with Gasteiger partial charge in [0.25, 0.3) is 0 Å². The zero-order valence-corrected chi connectivity index (χ0v) is 15.0. The van der Waals surface area contributed by atoms with Crippen LogP contribution in [0.1, 0.15) is 0 Å². The number of hydrogen-bond acceptors (Lipinski definition) is 2. The molecule has 0 aliphatic heterocycles. The molecule has 0 saturated carbocycles. The molecule has 0 aliphatic carbocycles. The minimum absolute atomic E-state index is 0.417. The Hall–Kier alpha value is 0.571. The van der Waals surface area contributed by atoms with Crippen LogP contribution < -0.4 is 0 Å². The van der Waals surface area contributed by atoms with Crippen molar-refractivity contribution in [3.8, 4) is 0 Å². The maximum absolute atomic E-state index is 2.26. The summed E-state index contributed by atoms with van der Waals surface area (Å²) in [6.45, 7) is 4.53. The predicted molar refractivity (Wildman–Crippen MR) is 67.5 cm³/mol. The first-order valence-corrected chi connectivity index (χ1v) is 8.71. The molecule has 0 bridgehead atoms. The minimum atomic E-state index is 0.417. The molecular weight excluding hydrogens is 184 g/mol. The van der Waals surface area contributed by atoms with Gasteiger partial charge in [-0.05, 0) is 28.2 Å². The highest BCUT2D eigenvalue weighted by molar-refractivity contribution is 6.31. The molecule has 0 spiro atoms. The van der Waals surface area contributed by atoms with Gasteiger partial charge in [0.1, 0.15) is 0 Å². The molecule has 5 heteroatoms. The predicted octanol–water partition coefficient (Wildman–Crippen LogP) is -2.09. The maximum Gasteiger partial charge on any atom is 0.0777 e. The first-order chi connectivity index (χ1) is 4.88. The van der Waals surface area contributed by atoms with Crippen LogP contribution in [0.25, 0.3) is 0 Å². The van der Waals surface area contributed by atoms with Crippen molar-refractivity contribution < 1.29 is 0 Å². The van der Waals surface area contributed by atoms with Crippen LogP contribution in [0.4, 0.5) is 0 Å². The van der Waals surface area contributed by atoms with Crippen LogP contribution in [0.3, 0.4) is 0 Å². The Morgan fingerprint density at radius 3 is 0.818 bits per heavy atom. The highest BCUT2D eigenvalue weighted by atomic mass is 28.2. The number of rotatable bonds is 0. The summed E-state index contributed by atoms with van der Waals surface area (Å²) in [4.78, 5) is 0. The molecule has 0 aromatic carbocycles. The fourth-order valence-corrected chi connectivity index (χ4v) is 0. The SMILES string of the molecule is CN(C)[SiH3].CN(C)[SiH3].C[SiH2]C. The molecule has 0 fully saturated rings. The molecule has 0 atom stereocenters. The summed E-state index contributed by atoms with van der Waals surface area (Å²) in [5.74, 6) is 0. The summed E-state index contributed by atoms with van der Waals surface area (Å²) in [5, 5.41) is 0. The molecule has 0 rings (SSSR count). The van der Waals surface area contributed by atoms with Crippen molar-refractivity contribution in [2.45, 2.75) is 13.1 Å².